The summed E-state index contributed by atoms with van der Waals surface area (Å²) in [6.45, 7) is 4.01. The average molecular weight is 275 g/mol. The maximum absolute atomic E-state index is 12.3. The first kappa shape index (κ1) is 12.6. The van der Waals surface area contributed by atoms with Gasteiger partial charge in [-0.25, -0.2) is 8.42 Å². The number of hydrogen-bond acceptors (Lipinski definition) is 6. The van der Waals surface area contributed by atoms with Crippen LogP contribution >= 0.6 is 11.5 Å². The second kappa shape index (κ2) is 4.13. The van der Waals surface area contributed by atoms with Crippen molar-refractivity contribution in [2.24, 2.45) is 0 Å². The second-order valence-corrected chi connectivity index (χ2v) is 7.57. The van der Waals surface area contributed by atoms with Gasteiger partial charge in [0.2, 0.25) is 0 Å². The lowest BCUT2D eigenvalue weighted by Gasteiger charge is -2.22. The summed E-state index contributed by atoms with van der Waals surface area (Å²) in [4.78, 5) is 2.14. The molecule has 1 aliphatic rings. The largest absolute Gasteiger partial charge is 0.382 e. The van der Waals surface area contributed by atoms with Crippen molar-refractivity contribution in [3.8, 4) is 0 Å². The average Bonchev–Trinajstić information content (AvgIpc) is 3.01. The van der Waals surface area contributed by atoms with E-state index in [2.05, 4.69) is 4.37 Å². The van der Waals surface area contributed by atoms with E-state index < -0.39 is 9.84 Å². The maximum atomic E-state index is 12.3. The summed E-state index contributed by atoms with van der Waals surface area (Å²) in [6.07, 6.45) is 1.48. The predicted molar refractivity (Wildman–Crippen MR) is 70.3 cm³/mol. The fraction of sp³-hybridized carbons (Fsp3) is 0.700. The Kier molecular flexibility index (Phi) is 3.07. The van der Waals surface area contributed by atoms with Crippen LogP contribution in [0.25, 0.3) is 0 Å². The molecular formula is C10H17N3O2S2. The third-order valence-electron chi connectivity index (χ3n) is 3.00. The van der Waals surface area contributed by atoms with Crippen LogP contribution in [0.1, 0.15) is 26.7 Å². The lowest BCUT2D eigenvalue weighted by Crippen LogP contribution is -2.26. The third-order valence-corrected chi connectivity index (χ3v) is 6.40. The molecule has 1 aliphatic carbocycles. The highest BCUT2D eigenvalue weighted by atomic mass is 32.2. The monoisotopic (exact) mass is 275 g/mol. The molecule has 2 N–H and O–H groups in total. The van der Waals surface area contributed by atoms with Crippen LogP contribution in [0.2, 0.25) is 0 Å². The minimum absolute atomic E-state index is 0.143. The molecule has 1 saturated carbocycles. The van der Waals surface area contributed by atoms with Gasteiger partial charge in [0.05, 0.1) is 5.25 Å². The molecule has 0 aliphatic heterocycles. The normalized spacial score (nSPS) is 16.5. The summed E-state index contributed by atoms with van der Waals surface area (Å²) < 4.78 is 28.6. The van der Waals surface area contributed by atoms with Crippen LogP contribution in [0, 0.1) is 0 Å². The Hall–Kier alpha value is -0.820. The Bertz CT molecular complexity index is 518. The first-order valence-electron chi connectivity index (χ1n) is 5.57. The summed E-state index contributed by atoms with van der Waals surface area (Å²) >= 11 is 1.16. The molecule has 0 aromatic carbocycles. The third kappa shape index (κ3) is 2.13. The molecular weight excluding hydrogens is 258 g/mol. The van der Waals surface area contributed by atoms with Gasteiger partial charge in [-0.2, -0.15) is 4.37 Å². The molecule has 0 saturated heterocycles. The fourth-order valence-electron chi connectivity index (χ4n) is 1.56. The van der Waals surface area contributed by atoms with E-state index in [1.54, 1.807) is 0 Å². The SMILES string of the molecule is CC(C)N(C)c1snc(N)c1S(=O)(=O)C1CC1. The summed E-state index contributed by atoms with van der Waals surface area (Å²) in [5, 5.41) is 0.407. The molecule has 0 radical (unpaired) electrons. The smallest absolute Gasteiger partial charge is 0.187 e. The van der Waals surface area contributed by atoms with E-state index in [9.17, 15) is 8.42 Å². The lowest BCUT2D eigenvalue weighted by atomic mass is 10.3. The van der Waals surface area contributed by atoms with E-state index in [0.29, 0.717) is 5.00 Å². The topological polar surface area (TPSA) is 76.3 Å². The van der Waals surface area contributed by atoms with Gasteiger partial charge in [0.15, 0.2) is 15.7 Å². The molecule has 7 heteroatoms. The van der Waals surface area contributed by atoms with E-state index >= 15 is 0 Å². The zero-order valence-electron chi connectivity index (χ0n) is 10.2. The van der Waals surface area contributed by atoms with Gasteiger partial charge in [0.25, 0.3) is 0 Å². The minimum atomic E-state index is -3.28. The predicted octanol–water partition coefficient (Wildman–Crippen LogP) is 1.51. The first-order chi connectivity index (χ1) is 7.85. The lowest BCUT2D eigenvalue weighted by molar-refractivity contribution is 0.595. The van der Waals surface area contributed by atoms with Crippen LogP contribution in [-0.4, -0.2) is 31.1 Å². The van der Waals surface area contributed by atoms with E-state index in [1.807, 2.05) is 25.8 Å². The number of anilines is 2. The fourth-order valence-corrected chi connectivity index (χ4v) is 4.69. The van der Waals surface area contributed by atoms with Crippen molar-refractivity contribution >= 4 is 32.2 Å². The van der Waals surface area contributed by atoms with Gasteiger partial charge in [-0.15, -0.1) is 0 Å². The summed E-state index contributed by atoms with van der Waals surface area (Å²) in [5.74, 6) is 0.143. The molecule has 0 bridgehead atoms. The minimum Gasteiger partial charge on any atom is -0.382 e. The Balaban J connectivity index is 2.50. The molecule has 5 nitrogen and oxygen atoms in total. The van der Waals surface area contributed by atoms with Crippen LogP contribution in [-0.2, 0) is 9.84 Å². The van der Waals surface area contributed by atoms with Crippen molar-refractivity contribution in [2.45, 2.75) is 42.9 Å². The Morgan fingerprint density at radius 2 is 2.06 bits per heavy atom. The van der Waals surface area contributed by atoms with Gasteiger partial charge in [-0.1, -0.05) is 0 Å². The number of hydrogen-bond donors (Lipinski definition) is 1. The van der Waals surface area contributed by atoms with E-state index in [0.717, 1.165) is 24.4 Å². The number of nitrogens with two attached hydrogens (primary N) is 1. The standard InChI is InChI=1S/C10H17N3O2S2/c1-6(2)13(3)10-8(9(11)12-16-10)17(14,15)7-4-5-7/h6-7H,4-5H2,1-3H3,(H2,11,12). The van der Waals surface area contributed by atoms with Gasteiger partial charge in [-0.3, -0.25) is 0 Å². The zero-order chi connectivity index (χ0) is 12.8. The van der Waals surface area contributed by atoms with Gasteiger partial charge in [0.1, 0.15) is 9.90 Å². The molecule has 2 rings (SSSR count). The van der Waals surface area contributed by atoms with Gasteiger partial charge < -0.3 is 10.6 Å². The molecule has 17 heavy (non-hydrogen) atoms. The van der Waals surface area contributed by atoms with Crippen LogP contribution in [0.5, 0.6) is 0 Å². The van der Waals surface area contributed by atoms with Gasteiger partial charge >= 0.3 is 0 Å². The van der Waals surface area contributed by atoms with Crippen molar-refractivity contribution in [1.29, 1.82) is 0 Å². The number of aromatic nitrogens is 1. The van der Waals surface area contributed by atoms with Gasteiger partial charge in [-0.05, 0) is 38.2 Å². The van der Waals surface area contributed by atoms with Crippen molar-refractivity contribution in [3.05, 3.63) is 0 Å². The molecule has 0 atom stereocenters. The van der Waals surface area contributed by atoms with E-state index in [1.165, 1.54) is 0 Å². The molecule has 0 spiro atoms. The Labute approximate surface area is 106 Å². The molecule has 1 fully saturated rings. The molecule has 0 unspecified atom stereocenters. The van der Waals surface area contributed by atoms with Crippen LogP contribution in [0.15, 0.2) is 4.90 Å². The summed E-state index contributed by atoms with van der Waals surface area (Å²) in [7, 11) is -1.42. The highest BCUT2D eigenvalue weighted by molar-refractivity contribution is 7.92. The van der Waals surface area contributed by atoms with E-state index in [-0.39, 0.29) is 22.0 Å². The molecule has 0 amide bonds. The second-order valence-electron chi connectivity index (χ2n) is 4.65. The van der Waals surface area contributed by atoms with Crippen molar-refractivity contribution in [3.63, 3.8) is 0 Å². The summed E-state index contributed by atoms with van der Waals surface area (Å²) in [6, 6.07) is 0.211. The van der Waals surface area contributed by atoms with E-state index in [4.69, 9.17) is 5.73 Å². The zero-order valence-corrected chi connectivity index (χ0v) is 11.8. The number of rotatable bonds is 4. The number of nitrogen functional groups attached to an aromatic ring is 1. The number of nitrogens with zero attached hydrogens (tertiary/aromatic N) is 2. The Morgan fingerprint density at radius 1 is 1.47 bits per heavy atom. The van der Waals surface area contributed by atoms with Crippen LogP contribution in [0.3, 0.4) is 0 Å². The van der Waals surface area contributed by atoms with Crippen LogP contribution < -0.4 is 10.6 Å². The van der Waals surface area contributed by atoms with Crippen LogP contribution in [0.4, 0.5) is 10.8 Å². The molecule has 1 aromatic rings. The molecule has 1 heterocycles. The highest BCUT2D eigenvalue weighted by Crippen LogP contribution is 2.42. The maximum Gasteiger partial charge on any atom is 0.187 e. The van der Waals surface area contributed by atoms with Crippen molar-refractivity contribution < 1.29 is 8.42 Å². The van der Waals surface area contributed by atoms with Crippen molar-refractivity contribution in [1.82, 2.24) is 4.37 Å². The summed E-state index contributed by atoms with van der Waals surface area (Å²) in [5.41, 5.74) is 5.72. The molecule has 1 aromatic heterocycles. The highest BCUT2D eigenvalue weighted by Gasteiger charge is 2.41. The quantitative estimate of drug-likeness (QED) is 0.901. The first-order valence-corrected chi connectivity index (χ1v) is 7.89. The Morgan fingerprint density at radius 3 is 2.53 bits per heavy atom. The molecule has 96 valence electrons. The van der Waals surface area contributed by atoms with Crippen molar-refractivity contribution in [2.75, 3.05) is 17.7 Å². The van der Waals surface area contributed by atoms with Gasteiger partial charge in [0, 0.05) is 13.1 Å². The number of sulfone groups is 1.